The molecule has 0 aliphatic carbocycles. The van der Waals surface area contributed by atoms with Crippen molar-refractivity contribution in [2.45, 2.75) is 33.3 Å². The summed E-state index contributed by atoms with van der Waals surface area (Å²) in [7, 11) is 0. The molecule has 0 unspecified atom stereocenters. The van der Waals surface area contributed by atoms with Crippen LogP contribution in [-0.4, -0.2) is 17.7 Å². The van der Waals surface area contributed by atoms with Gasteiger partial charge in [-0.2, -0.15) is 0 Å². The fourth-order valence-electron chi connectivity index (χ4n) is 3.79. The van der Waals surface area contributed by atoms with E-state index < -0.39 is 0 Å². The van der Waals surface area contributed by atoms with Crippen LogP contribution in [0.15, 0.2) is 83.2 Å². The third-order valence-corrected chi connectivity index (χ3v) is 6.80. The number of amides is 1. The second-order valence-electron chi connectivity index (χ2n) is 8.35. The maximum Gasteiger partial charge on any atom is 0.264 e. The number of hydrogen-bond acceptors (Lipinski definition) is 5. The van der Waals surface area contributed by atoms with Gasteiger partial charge in [0.25, 0.3) is 5.91 Å². The molecule has 5 nitrogen and oxygen atoms in total. The number of thioether (sulfide) groups is 1. The molecular formula is C30H29ClN2O3S. The van der Waals surface area contributed by atoms with Gasteiger partial charge in [0.15, 0.2) is 16.7 Å². The number of nitrogens with zero attached hydrogens (tertiary/aromatic N) is 1. The first-order valence-electron chi connectivity index (χ1n) is 12.2. The van der Waals surface area contributed by atoms with Crippen LogP contribution < -0.4 is 14.8 Å². The van der Waals surface area contributed by atoms with Crippen LogP contribution in [-0.2, 0) is 24.2 Å². The van der Waals surface area contributed by atoms with Crippen molar-refractivity contribution in [1.29, 1.82) is 0 Å². The topological polar surface area (TPSA) is 59.9 Å². The molecule has 1 amide bonds. The van der Waals surface area contributed by atoms with E-state index in [9.17, 15) is 4.79 Å². The van der Waals surface area contributed by atoms with Crippen molar-refractivity contribution in [3.05, 3.63) is 106 Å². The van der Waals surface area contributed by atoms with Crippen LogP contribution in [0.1, 0.15) is 36.1 Å². The Morgan fingerprint density at radius 2 is 1.76 bits per heavy atom. The number of halogens is 1. The standard InChI is InChI=1S/C30H29ClN2O3S/c1-4-7-23-16-22(17-26(35-6-3)28(23)36-19-21-8-12-24(31)13-9-21)18-27-29(34)33-30(37-27)32-25-14-10-20(5-2)11-15-25/h4,8-18H,1,5-7,19H2,2-3H3,(H,32,33,34)/b27-18-. The summed E-state index contributed by atoms with van der Waals surface area (Å²) in [6.07, 6.45) is 5.23. The molecule has 1 heterocycles. The van der Waals surface area contributed by atoms with Gasteiger partial charge in [-0.3, -0.25) is 4.79 Å². The second-order valence-corrected chi connectivity index (χ2v) is 9.82. The Bertz CT molecular complexity index is 1330. The fraction of sp³-hybridized carbons (Fsp3) is 0.200. The summed E-state index contributed by atoms with van der Waals surface area (Å²) >= 11 is 7.32. The first-order valence-corrected chi connectivity index (χ1v) is 13.3. The molecule has 0 atom stereocenters. The molecule has 190 valence electrons. The van der Waals surface area contributed by atoms with Gasteiger partial charge in [-0.15, -0.1) is 6.58 Å². The van der Waals surface area contributed by atoms with E-state index in [0.29, 0.717) is 46.2 Å². The van der Waals surface area contributed by atoms with E-state index in [1.165, 1.54) is 17.3 Å². The van der Waals surface area contributed by atoms with Crippen LogP contribution in [0.2, 0.25) is 5.02 Å². The first kappa shape index (κ1) is 26.6. The number of benzene rings is 3. The SMILES string of the molecule is C=CCc1cc(/C=C2\SC(=Nc3ccc(CC)cc3)NC2=O)cc(OCC)c1OCc1ccc(Cl)cc1. The van der Waals surface area contributed by atoms with E-state index in [1.54, 1.807) is 0 Å². The van der Waals surface area contributed by atoms with E-state index in [0.717, 1.165) is 28.8 Å². The van der Waals surface area contributed by atoms with E-state index in [-0.39, 0.29) is 5.91 Å². The highest BCUT2D eigenvalue weighted by Crippen LogP contribution is 2.37. The summed E-state index contributed by atoms with van der Waals surface area (Å²) in [5.74, 6) is 1.11. The molecule has 3 aromatic rings. The monoisotopic (exact) mass is 532 g/mol. The Hall–Kier alpha value is -3.48. The minimum atomic E-state index is -0.180. The number of ether oxygens (including phenoxy) is 2. The lowest BCUT2D eigenvalue weighted by molar-refractivity contribution is -0.115. The van der Waals surface area contributed by atoms with Crippen molar-refractivity contribution < 1.29 is 14.3 Å². The van der Waals surface area contributed by atoms with Gasteiger partial charge in [0.2, 0.25) is 0 Å². The predicted molar refractivity (Wildman–Crippen MR) is 154 cm³/mol. The number of rotatable bonds is 10. The number of amidine groups is 1. The quantitative estimate of drug-likeness (QED) is 0.217. The molecule has 7 heteroatoms. The average molecular weight is 533 g/mol. The molecule has 0 spiro atoms. The molecule has 0 aromatic heterocycles. The second kappa shape index (κ2) is 12.7. The lowest BCUT2D eigenvalue weighted by atomic mass is 10.0. The normalized spacial score (nSPS) is 15.2. The van der Waals surface area contributed by atoms with Crippen molar-refractivity contribution in [1.82, 2.24) is 5.32 Å². The lowest BCUT2D eigenvalue weighted by Gasteiger charge is -2.17. The molecule has 4 rings (SSSR count). The van der Waals surface area contributed by atoms with Gasteiger partial charge in [0, 0.05) is 10.6 Å². The third kappa shape index (κ3) is 7.06. The number of carbonyl (C=O) groups excluding carboxylic acids is 1. The van der Waals surface area contributed by atoms with Gasteiger partial charge in [-0.25, -0.2) is 4.99 Å². The maximum atomic E-state index is 12.7. The third-order valence-electron chi connectivity index (χ3n) is 5.64. The minimum absolute atomic E-state index is 0.180. The number of allylic oxidation sites excluding steroid dienone is 1. The molecule has 0 radical (unpaired) electrons. The molecular weight excluding hydrogens is 504 g/mol. The van der Waals surface area contributed by atoms with Crippen molar-refractivity contribution in [3.8, 4) is 11.5 Å². The zero-order valence-corrected chi connectivity index (χ0v) is 22.5. The molecule has 1 fully saturated rings. The van der Waals surface area contributed by atoms with Gasteiger partial charge in [-0.1, -0.05) is 48.9 Å². The largest absolute Gasteiger partial charge is 0.490 e. The van der Waals surface area contributed by atoms with Gasteiger partial charge < -0.3 is 14.8 Å². The highest BCUT2D eigenvalue weighted by atomic mass is 35.5. The summed E-state index contributed by atoms with van der Waals surface area (Å²) in [6, 6.07) is 19.4. The van der Waals surface area contributed by atoms with E-state index in [2.05, 4.69) is 23.8 Å². The smallest absolute Gasteiger partial charge is 0.264 e. The summed E-state index contributed by atoms with van der Waals surface area (Å²) in [5, 5.41) is 4.09. The Morgan fingerprint density at radius 3 is 2.43 bits per heavy atom. The maximum absolute atomic E-state index is 12.7. The number of aliphatic imine (C=N–C) groups is 1. The number of carbonyl (C=O) groups is 1. The van der Waals surface area contributed by atoms with Crippen LogP contribution in [0.4, 0.5) is 5.69 Å². The van der Waals surface area contributed by atoms with Gasteiger partial charge in [-0.05, 0) is 90.7 Å². The highest BCUT2D eigenvalue weighted by molar-refractivity contribution is 8.18. The van der Waals surface area contributed by atoms with E-state index >= 15 is 0 Å². The molecule has 1 aliphatic heterocycles. The van der Waals surface area contributed by atoms with Crippen molar-refractivity contribution in [2.24, 2.45) is 4.99 Å². The molecule has 1 N–H and O–H groups in total. The molecule has 1 saturated heterocycles. The highest BCUT2D eigenvalue weighted by Gasteiger charge is 2.24. The van der Waals surface area contributed by atoms with Gasteiger partial charge in [0.1, 0.15) is 6.61 Å². The van der Waals surface area contributed by atoms with E-state index in [1.807, 2.05) is 79.7 Å². The van der Waals surface area contributed by atoms with Gasteiger partial charge in [0.05, 0.1) is 17.2 Å². The summed E-state index contributed by atoms with van der Waals surface area (Å²) in [4.78, 5) is 17.8. The minimum Gasteiger partial charge on any atom is -0.490 e. The summed E-state index contributed by atoms with van der Waals surface area (Å²) < 4.78 is 12.1. The first-order chi connectivity index (χ1) is 18.0. The molecule has 0 saturated carbocycles. The van der Waals surface area contributed by atoms with Crippen molar-refractivity contribution in [2.75, 3.05) is 6.61 Å². The molecule has 0 bridgehead atoms. The summed E-state index contributed by atoms with van der Waals surface area (Å²) in [6.45, 7) is 8.79. The lowest BCUT2D eigenvalue weighted by Crippen LogP contribution is -2.19. The van der Waals surface area contributed by atoms with Crippen LogP contribution >= 0.6 is 23.4 Å². The van der Waals surface area contributed by atoms with Crippen LogP contribution in [0.3, 0.4) is 0 Å². The van der Waals surface area contributed by atoms with Crippen molar-refractivity contribution >= 4 is 46.2 Å². The number of aryl methyl sites for hydroxylation is 1. The summed E-state index contributed by atoms with van der Waals surface area (Å²) in [5.41, 5.74) is 4.81. The zero-order valence-electron chi connectivity index (χ0n) is 20.9. The van der Waals surface area contributed by atoms with Crippen LogP contribution in [0.5, 0.6) is 11.5 Å². The number of hydrogen-bond donors (Lipinski definition) is 1. The average Bonchev–Trinajstić information content (AvgIpc) is 3.23. The molecule has 37 heavy (non-hydrogen) atoms. The molecule has 3 aromatic carbocycles. The Morgan fingerprint density at radius 1 is 1.03 bits per heavy atom. The molecule has 1 aliphatic rings. The number of nitrogens with one attached hydrogen (secondary N) is 1. The van der Waals surface area contributed by atoms with Gasteiger partial charge >= 0.3 is 0 Å². The van der Waals surface area contributed by atoms with Crippen LogP contribution in [0, 0.1) is 0 Å². The van der Waals surface area contributed by atoms with Crippen molar-refractivity contribution in [3.63, 3.8) is 0 Å². The Balaban J connectivity index is 1.59. The van der Waals surface area contributed by atoms with Crippen LogP contribution in [0.25, 0.3) is 6.08 Å². The zero-order chi connectivity index (χ0) is 26.2. The fourth-order valence-corrected chi connectivity index (χ4v) is 4.76. The van der Waals surface area contributed by atoms with E-state index in [4.69, 9.17) is 21.1 Å². The predicted octanol–water partition coefficient (Wildman–Crippen LogP) is 7.50. The Labute approximate surface area is 227 Å². The Kier molecular flexibility index (Phi) is 9.09.